The monoisotopic (exact) mass is 431 g/mol. The van der Waals surface area contributed by atoms with Crippen molar-refractivity contribution in [3.8, 4) is 11.5 Å². The first-order chi connectivity index (χ1) is 14.5. The topological polar surface area (TPSA) is 73.9 Å². The Morgan fingerprint density at radius 2 is 2.00 bits per heavy atom. The summed E-state index contributed by atoms with van der Waals surface area (Å²) in [6, 6.07) is 3.47. The lowest BCUT2D eigenvalue weighted by Gasteiger charge is -2.34. The fourth-order valence-corrected chi connectivity index (χ4v) is 4.58. The molecule has 0 saturated carbocycles. The van der Waals surface area contributed by atoms with Gasteiger partial charge in [0, 0.05) is 40.4 Å². The Labute approximate surface area is 181 Å². The van der Waals surface area contributed by atoms with Crippen molar-refractivity contribution < 1.29 is 23.8 Å². The zero-order valence-corrected chi connectivity index (χ0v) is 18.1. The second kappa shape index (κ2) is 8.72. The number of carbonyl (C=O) groups is 2. The summed E-state index contributed by atoms with van der Waals surface area (Å²) in [5.41, 5.74) is 3.26. The minimum atomic E-state index is -0.588. The first kappa shape index (κ1) is 20.8. The summed E-state index contributed by atoms with van der Waals surface area (Å²) in [6.07, 6.45) is 4.85. The van der Waals surface area contributed by atoms with Crippen molar-refractivity contribution in [2.45, 2.75) is 58.3 Å². The highest BCUT2D eigenvalue weighted by Crippen LogP contribution is 2.48. The molecule has 2 aliphatic heterocycles. The molecule has 0 bridgehead atoms. The minimum absolute atomic E-state index is 0.0336. The number of hydrogen-bond donors (Lipinski definition) is 1. The first-order valence-corrected chi connectivity index (χ1v) is 10.9. The first-order valence-electron chi connectivity index (χ1n) is 10.5. The molecule has 30 heavy (non-hydrogen) atoms. The molecule has 7 heteroatoms. The average molecular weight is 432 g/mol. The van der Waals surface area contributed by atoms with Crippen molar-refractivity contribution in [3.63, 3.8) is 0 Å². The standard InChI is InChI=1S/C23H26ClNO5/c1-3-4-5-9-28-23(27)20-13(2)25-16-7-6-8-17(26)22(16)21(20)14-10-18-19(11-15(14)24)30-12-29-18/h10-11,21,25H,3-9,12H2,1-2H3/t21-/m0/s1. The summed E-state index contributed by atoms with van der Waals surface area (Å²) in [5.74, 6) is 0.152. The van der Waals surface area contributed by atoms with Gasteiger partial charge in [-0.15, -0.1) is 0 Å². The SMILES string of the molecule is CCCCCOC(=O)C1=C(C)NC2=C(C(=O)CCC2)[C@H]1c1cc2c(cc1Cl)OCO2. The maximum atomic E-state index is 13.1. The molecule has 1 aromatic carbocycles. The molecule has 2 heterocycles. The summed E-state index contributed by atoms with van der Waals surface area (Å²) < 4.78 is 16.5. The van der Waals surface area contributed by atoms with Crippen LogP contribution in [-0.4, -0.2) is 25.2 Å². The van der Waals surface area contributed by atoms with Crippen LogP contribution in [0.5, 0.6) is 11.5 Å². The number of ketones is 1. The molecule has 3 aliphatic rings. The van der Waals surface area contributed by atoms with E-state index in [1.165, 1.54) is 0 Å². The van der Waals surface area contributed by atoms with Gasteiger partial charge < -0.3 is 19.5 Å². The van der Waals surface area contributed by atoms with E-state index in [4.69, 9.17) is 25.8 Å². The highest BCUT2D eigenvalue weighted by molar-refractivity contribution is 6.32. The minimum Gasteiger partial charge on any atom is -0.462 e. The highest BCUT2D eigenvalue weighted by Gasteiger charge is 2.40. The molecule has 0 spiro atoms. The molecule has 1 atom stereocenters. The number of dihydropyridines is 1. The molecule has 0 amide bonds. The molecule has 4 rings (SSSR count). The van der Waals surface area contributed by atoms with E-state index in [-0.39, 0.29) is 12.6 Å². The van der Waals surface area contributed by atoms with Crippen LogP contribution in [0.3, 0.4) is 0 Å². The predicted molar refractivity (Wildman–Crippen MR) is 113 cm³/mol. The number of benzene rings is 1. The van der Waals surface area contributed by atoms with Gasteiger partial charge in [-0.05, 0) is 37.8 Å². The van der Waals surface area contributed by atoms with Gasteiger partial charge in [0.2, 0.25) is 6.79 Å². The molecule has 1 aliphatic carbocycles. The average Bonchev–Trinajstić information content (AvgIpc) is 3.17. The number of esters is 1. The van der Waals surface area contributed by atoms with Crippen molar-refractivity contribution in [2.75, 3.05) is 13.4 Å². The number of unbranched alkanes of at least 4 members (excludes halogenated alkanes) is 2. The van der Waals surface area contributed by atoms with Crippen molar-refractivity contribution in [2.24, 2.45) is 0 Å². The largest absolute Gasteiger partial charge is 0.462 e. The van der Waals surface area contributed by atoms with Gasteiger partial charge in [0.05, 0.1) is 12.2 Å². The summed E-state index contributed by atoms with van der Waals surface area (Å²) in [7, 11) is 0. The third-order valence-corrected chi connectivity index (χ3v) is 6.11. The van der Waals surface area contributed by atoms with Gasteiger partial charge in [0.15, 0.2) is 17.3 Å². The third kappa shape index (κ3) is 3.81. The molecular weight excluding hydrogens is 406 g/mol. The maximum Gasteiger partial charge on any atom is 0.336 e. The molecule has 1 N–H and O–H groups in total. The van der Waals surface area contributed by atoms with E-state index in [1.54, 1.807) is 12.1 Å². The normalized spacial score (nSPS) is 20.2. The summed E-state index contributed by atoms with van der Waals surface area (Å²) in [6.45, 7) is 4.42. The van der Waals surface area contributed by atoms with Crippen LogP contribution >= 0.6 is 11.6 Å². The highest BCUT2D eigenvalue weighted by atomic mass is 35.5. The Morgan fingerprint density at radius 3 is 2.77 bits per heavy atom. The molecule has 0 fully saturated rings. The van der Waals surface area contributed by atoms with E-state index in [1.807, 2.05) is 6.92 Å². The summed E-state index contributed by atoms with van der Waals surface area (Å²) in [4.78, 5) is 26.1. The number of carbonyl (C=O) groups excluding carboxylic acids is 2. The number of Topliss-reactive ketones (excluding diaryl/α,β-unsaturated/α-hetero) is 1. The van der Waals surface area contributed by atoms with Gasteiger partial charge >= 0.3 is 5.97 Å². The van der Waals surface area contributed by atoms with E-state index in [0.717, 1.165) is 37.8 Å². The second-order valence-electron chi connectivity index (χ2n) is 7.84. The number of ether oxygens (including phenoxy) is 3. The molecule has 0 aromatic heterocycles. The van der Waals surface area contributed by atoms with Gasteiger partial charge in [-0.3, -0.25) is 4.79 Å². The Hall–Kier alpha value is -2.47. The van der Waals surface area contributed by atoms with Crippen LogP contribution in [0.1, 0.15) is 63.9 Å². The summed E-state index contributed by atoms with van der Waals surface area (Å²) >= 11 is 6.62. The van der Waals surface area contributed by atoms with Gasteiger partial charge in [0.1, 0.15) is 0 Å². The molecule has 0 unspecified atom stereocenters. The number of hydrogen-bond acceptors (Lipinski definition) is 6. The molecule has 0 radical (unpaired) electrons. The fourth-order valence-electron chi connectivity index (χ4n) is 4.31. The number of halogens is 1. The van der Waals surface area contributed by atoms with Gasteiger partial charge in [-0.1, -0.05) is 31.4 Å². The Kier molecular flexibility index (Phi) is 6.04. The van der Waals surface area contributed by atoms with E-state index in [0.29, 0.717) is 52.0 Å². The van der Waals surface area contributed by atoms with Crippen LogP contribution in [0, 0.1) is 0 Å². The number of rotatable bonds is 6. The number of allylic oxidation sites excluding steroid dienone is 3. The number of nitrogens with one attached hydrogen (secondary N) is 1. The lowest BCUT2D eigenvalue weighted by Crippen LogP contribution is -2.34. The van der Waals surface area contributed by atoms with E-state index < -0.39 is 11.9 Å². The molecule has 6 nitrogen and oxygen atoms in total. The van der Waals surface area contributed by atoms with E-state index in [2.05, 4.69) is 12.2 Å². The fraction of sp³-hybridized carbons (Fsp3) is 0.478. The van der Waals surface area contributed by atoms with E-state index >= 15 is 0 Å². The molecule has 160 valence electrons. The van der Waals surface area contributed by atoms with Crippen molar-refractivity contribution in [1.29, 1.82) is 0 Å². The molecule has 0 saturated heterocycles. The second-order valence-corrected chi connectivity index (χ2v) is 8.24. The maximum absolute atomic E-state index is 13.1. The van der Waals surface area contributed by atoms with Crippen LogP contribution in [0.15, 0.2) is 34.7 Å². The summed E-state index contributed by atoms with van der Waals surface area (Å²) in [5, 5.41) is 3.72. The number of fused-ring (bicyclic) bond motifs is 1. The smallest absolute Gasteiger partial charge is 0.336 e. The van der Waals surface area contributed by atoms with Crippen LogP contribution in [-0.2, 0) is 14.3 Å². The predicted octanol–water partition coefficient (Wildman–Crippen LogP) is 4.77. The molecule has 1 aromatic rings. The third-order valence-electron chi connectivity index (χ3n) is 5.78. The van der Waals surface area contributed by atoms with Crippen LogP contribution in [0.2, 0.25) is 5.02 Å². The van der Waals surface area contributed by atoms with Gasteiger partial charge in [-0.2, -0.15) is 0 Å². The van der Waals surface area contributed by atoms with Gasteiger partial charge in [0.25, 0.3) is 0 Å². The lowest BCUT2D eigenvalue weighted by atomic mass is 9.75. The zero-order chi connectivity index (χ0) is 21.3. The quantitative estimate of drug-likeness (QED) is 0.516. The lowest BCUT2D eigenvalue weighted by molar-refractivity contribution is -0.139. The zero-order valence-electron chi connectivity index (χ0n) is 17.3. The Morgan fingerprint density at radius 1 is 1.23 bits per heavy atom. The molecular formula is C23H26ClNO5. The van der Waals surface area contributed by atoms with Gasteiger partial charge in [-0.25, -0.2) is 4.79 Å². The Balaban J connectivity index is 1.77. The van der Waals surface area contributed by atoms with Crippen LogP contribution in [0.25, 0.3) is 0 Å². The van der Waals surface area contributed by atoms with Crippen molar-refractivity contribution in [1.82, 2.24) is 5.32 Å². The van der Waals surface area contributed by atoms with Crippen LogP contribution in [0.4, 0.5) is 0 Å². The van der Waals surface area contributed by atoms with Crippen molar-refractivity contribution in [3.05, 3.63) is 45.3 Å². The van der Waals surface area contributed by atoms with Crippen LogP contribution < -0.4 is 14.8 Å². The van der Waals surface area contributed by atoms with E-state index in [9.17, 15) is 9.59 Å². The van der Waals surface area contributed by atoms with Crippen molar-refractivity contribution >= 4 is 23.4 Å². The Bertz CT molecular complexity index is 949.